The van der Waals surface area contributed by atoms with Gasteiger partial charge >= 0.3 is 0 Å². The Morgan fingerprint density at radius 2 is 1.92 bits per heavy atom. The van der Waals surface area contributed by atoms with Gasteiger partial charge in [-0.25, -0.2) is 9.37 Å². The van der Waals surface area contributed by atoms with E-state index in [1.165, 1.54) is 6.20 Å². The van der Waals surface area contributed by atoms with Crippen LogP contribution in [0, 0.1) is 5.82 Å². The molecule has 0 spiro atoms. The minimum Gasteiger partial charge on any atom is -0.312 e. The Labute approximate surface area is 135 Å². The second kappa shape index (κ2) is 5.62. The molecule has 4 rings (SSSR count). The lowest BCUT2D eigenvalue weighted by molar-refractivity contribution is 0.0961. The fraction of sp³-hybridized carbons (Fsp3) is 0. The first kappa shape index (κ1) is 14.1. The van der Waals surface area contributed by atoms with Crippen molar-refractivity contribution in [3.8, 4) is 0 Å². The normalized spacial score (nSPS) is 10.9. The maximum atomic E-state index is 13.2. The Balaban J connectivity index is 1.66. The fourth-order valence-corrected chi connectivity index (χ4v) is 2.54. The van der Waals surface area contributed by atoms with Crippen LogP contribution >= 0.6 is 0 Å². The van der Waals surface area contributed by atoms with Crippen LogP contribution in [0.3, 0.4) is 0 Å². The molecule has 7 heteroatoms. The van der Waals surface area contributed by atoms with Gasteiger partial charge in [-0.3, -0.25) is 20.6 Å². The number of nitrogens with zero attached hydrogens (tertiary/aromatic N) is 3. The molecule has 0 aliphatic heterocycles. The summed E-state index contributed by atoms with van der Waals surface area (Å²) in [7, 11) is 0. The minimum absolute atomic E-state index is 0.120. The zero-order chi connectivity index (χ0) is 16.5. The molecule has 0 saturated carbocycles. The lowest BCUT2D eigenvalue weighted by Gasteiger charge is -2.11. The fourth-order valence-electron chi connectivity index (χ4n) is 2.54. The number of aromatic nitrogens is 3. The molecule has 118 valence electrons. The van der Waals surface area contributed by atoms with Crippen LogP contribution < -0.4 is 10.9 Å². The third-order valence-electron chi connectivity index (χ3n) is 3.63. The highest BCUT2D eigenvalue weighted by Gasteiger charge is 2.10. The average molecular weight is 321 g/mol. The van der Waals surface area contributed by atoms with E-state index in [2.05, 4.69) is 20.8 Å². The van der Waals surface area contributed by atoms with Crippen LogP contribution in [0.5, 0.6) is 0 Å². The Hall–Kier alpha value is -3.48. The highest BCUT2D eigenvalue weighted by molar-refractivity contribution is 5.95. The number of carbonyl (C=O) groups excluding carboxylic acids is 1. The van der Waals surface area contributed by atoms with Crippen LogP contribution in [-0.2, 0) is 0 Å². The van der Waals surface area contributed by atoms with Crippen LogP contribution in [0.2, 0.25) is 0 Å². The molecular weight excluding hydrogens is 309 g/mol. The molecule has 2 N–H and O–H groups in total. The molecule has 0 atom stereocenters. The molecule has 24 heavy (non-hydrogen) atoms. The van der Waals surface area contributed by atoms with Crippen molar-refractivity contribution in [3.05, 3.63) is 72.4 Å². The summed E-state index contributed by atoms with van der Waals surface area (Å²) in [5.74, 6) is -0.571. The summed E-state index contributed by atoms with van der Waals surface area (Å²) in [6, 6.07) is 12.6. The molecule has 3 aromatic heterocycles. The number of rotatable bonds is 3. The van der Waals surface area contributed by atoms with Crippen LogP contribution in [0.4, 0.5) is 10.2 Å². The number of amides is 1. The van der Waals surface area contributed by atoms with Crippen molar-refractivity contribution in [2.75, 3.05) is 5.43 Å². The number of benzene rings is 1. The summed E-state index contributed by atoms with van der Waals surface area (Å²) in [6.07, 6.45) is 4.25. The first-order valence-corrected chi connectivity index (χ1v) is 7.25. The summed E-state index contributed by atoms with van der Waals surface area (Å²) >= 11 is 0. The van der Waals surface area contributed by atoms with Gasteiger partial charge < -0.3 is 4.40 Å². The Morgan fingerprint density at radius 3 is 2.79 bits per heavy atom. The molecule has 0 radical (unpaired) electrons. The molecular formula is C17H12FN5O. The van der Waals surface area contributed by atoms with Gasteiger partial charge in [-0.15, -0.1) is 0 Å². The highest BCUT2D eigenvalue weighted by Crippen LogP contribution is 2.21. The zero-order valence-corrected chi connectivity index (χ0v) is 12.4. The quantitative estimate of drug-likeness (QED) is 0.569. The summed E-state index contributed by atoms with van der Waals surface area (Å²) in [6.45, 7) is 0. The molecule has 0 unspecified atom stereocenters. The summed E-state index contributed by atoms with van der Waals surface area (Å²) in [5, 5.41) is 0. The summed E-state index contributed by atoms with van der Waals surface area (Å²) in [5.41, 5.74) is 8.00. The van der Waals surface area contributed by atoms with Gasteiger partial charge in [0.1, 0.15) is 5.82 Å². The summed E-state index contributed by atoms with van der Waals surface area (Å²) in [4.78, 5) is 20.3. The van der Waals surface area contributed by atoms with E-state index in [1.807, 2.05) is 47.0 Å². The van der Waals surface area contributed by atoms with Gasteiger partial charge in [-0.05, 0) is 30.3 Å². The Bertz CT molecular complexity index is 1060. The third kappa shape index (κ3) is 2.41. The predicted octanol–water partition coefficient (Wildman–Crippen LogP) is 2.78. The van der Waals surface area contributed by atoms with Gasteiger partial charge in [-0.1, -0.05) is 12.1 Å². The molecule has 0 aliphatic carbocycles. The second-order valence-electron chi connectivity index (χ2n) is 5.18. The van der Waals surface area contributed by atoms with Gasteiger partial charge in [0.15, 0.2) is 5.82 Å². The van der Waals surface area contributed by atoms with E-state index in [9.17, 15) is 9.18 Å². The Morgan fingerprint density at radius 1 is 1.08 bits per heavy atom. The van der Waals surface area contributed by atoms with E-state index in [0.717, 1.165) is 28.8 Å². The van der Waals surface area contributed by atoms with Crippen molar-refractivity contribution >= 4 is 28.3 Å². The van der Waals surface area contributed by atoms with Crippen molar-refractivity contribution < 1.29 is 9.18 Å². The number of halogens is 1. The van der Waals surface area contributed by atoms with Crippen molar-refractivity contribution in [1.29, 1.82) is 0 Å². The smallest absolute Gasteiger partial charge is 0.271 e. The van der Waals surface area contributed by atoms with Gasteiger partial charge in [0.25, 0.3) is 5.91 Å². The lowest BCUT2D eigenvalue weighted by atomic mass is 10.3. The Kier molecular flexibility index (Phi) is 3.31. The number of hydrazine groups is 1. The van der Waals surface area contributed by atoms with Crippen molar-refractivity contribution in [3.63, 3.8) is 0 Å². The molecule has 1 aromatic carbocycles. The molecule has 0 aliphatic rings. The first-order chi connectivity index (χ1) is 11.7. The monoisotopic (exact) mass is 321 g/mol. The van der Waals surface area contributed by atoms with Crippen molar-refractivity contribution in [1.82, 2.24) is 19.8 Å². The van der Waals surface area contributed by atoms with E-state index < -0.39 is 11.7 Å². The molecule has 1 amide bonds. The van der Waals surface area contributed by atoms with E-state index in [-0.39, 0.29) is 5.56 Å². The van der Waals surface area contributed by atoms with Crippen molar-refractivity contribution in [2.45, 2.75) is 0 Å². The lowest BCUT2D eigenvalue weighted by Crippen LogP contribution is -2.30. The minimum atomic E-state index is -0.569. The predicted molar refractivity (Wildman–Crippen MR) is 88.0 cm³/mol. The number of hydrogen-bond acceptors (Lipinski definition) is 4. The average Bonchev–Trinajstić information content (AvgIpc) is 3.09. The number of pyridine rings is 1. The number of para-hydroxylation sites is 2. The van der Waals surface area contributed by atoms with E-state index in [4.69, 9.17) is 0 Å². The first-order valence-electron chi connectivity index (χ1n) is 7.25. The maximum Gasteiger partial charge on any atom is 0.271 e. The van der Waals surface area contributed by atoms with Gasteiger partial charge in [0, 0.05) is 12.4 Å². The molecule has 0 fully saturated rings. The van der Waals surface area contributed by atoms with Crippen molar-refractivity contribution in [2.24, 2.45) is 0 Å². The largest absolute Gasteiger partial charge is 0.312 e. The van der Waals surface area contributed by atoms with E-state index in [0.29, 0.717) is 5.82 Å². The third-order valence-corrected chi connectivity index (χ3v) is 3.63. The van der Waals surface area contributed by atoms with Crippen LogP contribution in [0.15, 0.2) is 61.1 Å². The maximum absolute atomic E-state index is 13.2. The van der Waals surface area contributed by atoms with E-state index in [1.54, 1.807) is 0 Å². The number of anilines is 1. The van der Waals surface area contributed by atoms with Gasteiger partial charge in [0.05, 0.1) is 28.3 Å². The number of nitrogens with one attached hydrogen (secondary N) is 2. The molecule has 3 heterocycles. The molecule has 6 nitrogen and oxygen atoms in total. The van der Waals surface area contributed by atoms with Crippen LogP contribution in [-0.4, -0.2) is 20.3 Å². The summed E-state index contributed by atoms with van der Waals surface area (Å²) < 4.78 is 15.1. The zero-order valence-electron chi connectivity index (χ0n) is 12.4. The van der Waals surface area contributed by atoms with E-state index >= 15 is 0 Å². The number of fused-ring (bicyclic) bond motifs is 3. The molecule has 4 aromatic rings. The molecule has 0 saturated heterocycles. The topological polar surface area (TPSA) is 71.3 Å². The standard InChI is InChI=1S/C17H12FN5O/c18-12-8-11(9-19-10-12)17(24)22-21-16-15-6-3-7-23(15)14-5-2-1-4-13(14)20-16/h1-10H,(H,20,21)(H,22,24). The SMILES string of the molecule is O=C(NNc1nc2ccccc2n2cccc12)c1cncc(F)c1. The van der Waals surface area contributed by atoms with Crippen LogP contribution in [0.1, 0.15) is 10.4 Å². The van der Waals surface area contributed by atoms with Gasteiger partial charge in [-0.2, -0.15) is 0 Å². The molecule has 0 bridgehead atoms. The highest BCUT2D eigenvalue weighted by atomic mass is 19.1. The van der Waals surface area contributed by atoms with Gasteiger partial charge in [0.2, 0.25) is 0 Å². The second-order valence-corrected chi connectivity index (χ2v) is 5.18. The number of carbonyl (C=O) groups is 1. The van der Waals surface area contributed by atoms with Crippen LogP contribution in [0.25, 0.3) is 16.6 Å². The number of hydrogen-bond donors (Lipinski definition) is 2.